The normalized spacial score (nSPS) is 11.4. The van der Waals surface area contributed by atoms with Crippen molar-refractivity contribution < 1.29 is 4.74 Å². The highest BCUT2D eigenvalue weighted by molar-refractivity contribution is 5.79. The molecule has 1 aromatic rings. The maximum Gasteiger partial charge on any atom is 0.190 e. The Morgan fingerprint density at radius 2 is 2.11 bits per heavy atom. The van der Waals surface area contributed by atoms with Gasteiger partial charge in [0.15, 0.2) is 5.96 Å². The molecule has 1 rings (SSSR count). The zero-order chi connectivity index (χ0) is 13.9. The first-order valence-corrected chi connectivity index (χ1v) is 6.61. The van der Waals surface area contributed by atoms with Gasteiger partial charge in [-0.15, -0.1) is 0 Å². The van der Waals surface area contributed by atoms with Gasteiger partial charge in [0.1, 0.15) is 0 Å². The van der Waals surface area contributed by atoms with Crippen LogP contribution in [0.5, 0.6) is 0 Å². The van der Waals surface area contributed by atoms with E-state index in [4.69, 9.17) is 4.74 Å². The standard InChI is InChI=1S/C14H24N4O/c1-12-5-6-13(11-18-12)7-9-17-14(15-2)16-8-4-10-19-3/h5-6,11H,4,7-10H2,1-3H3,(H2,15,16,17). The Morgan fingerprint density at radius 1 is 1.32 bits per heavy atom. The van der Waals surface area contributed by atoms with E-state index in [0.29, 0.717) is 0 Å². The van der Waals surface area contributed by atoms with E-state index in [1.54, 1.807) is 14.2 Å². The summed E-state index contributed by atoms with van der Waals surface area (Å²) >= 11 is 0. The van der Waals surface area contributed by atoms with E-state index in [-0.39, 0.29) is 0 Å². The lowest BCUT2D eigenvalue weighted by Gasteiger charge is -2.11. The van der Waals surface area contributed by atoms with Crippen LogP contribution in [0.1, 0.15) is 17.7 Å². The van der Waals surface area contributed by atoms with E-state index >= 15 is 0 Å². The van der Waals surface area contributed by atoms with Crippen LogP contribution in [0.15, 0.2) is 23.3 Å². The lowest BCUT2D eigenvalue weighted by atomic mass is 10.2. The van der Waals surface area contributed by atoms with E-state index in [0.717, 1.165) is 44.2 Å². The molecule has 0 saturated carbocycles. The van der Waals surface area contributed by atoms with Gasteiger partial charge < -0.3 is 15.4 Å². The highest BCUT2D eigenvalue weighted by Gasteiger charge is 1.98. The van der Waals surface area contributed by atoms with Crippen LogP contribution in [0.3, 0.4) is 0 Å². The Bertz CT molecular complexity index is 376. The number of guanidine groups is 1. The van der Waals surface area contributed by atoms with Crippen molar-refractivity contribution in [2.75, 3.05) is 33.9 Å². The molecule has 0 amide bonds. The van der Waals surface area contributed by atoms with Crippen LogP contribution >= 0.6 is 0 Å². The molecule has 2 N–H and O–H groups in total. The molecule has 0 saturated heterocycles. The summed E-state index contributed by atoms with van der Waals surface area (Å²) in [5.74, 6) is 0.830. The quantitative estimate of drug-likeness (QED) is 0.440. The van der Waals surface area contributed by atoms with E-state index in [9.17, 15) is 0 Å². The molecule has 0 aliphatic rings. The summed E-state index contributed by atoms with van der Waals surface area (Å²) in [6.45, 7) is 4.46. The van der Waals surface area contributed by atoms with Crippen molar-refractivity contribution in [1.29, 1.82) is 0 Å². The number of aryl methyl sites for hydroxylation is 1. The maximum atomic E-state index is 5.00. The van der Waals surface area contributed by atoms with Gasteiger partial charge >= 0.3 is 0 Å². The molecule has 0 aliphatic heterocycles. The SMILES string of the molecule is CN=C(NCCCOC)NCCc1ccc(C)nc1. The van der Waals surface area contributed by atoms with E-state index in [1.807, 2.05) is 19.2 Å². The predicted octanol–water partition coefficient (Wildman–Crippen LogP) is 1.13. The molecule has 0 atom stereocenters. The van der Waals surface area contributed by atoms with Crippen molar-refractivity contribution in [1.82, 2.24) is 15.6 Å². The number of nitrogens with one attached hydrogen (secondary N) is 2. The first-order valence-electron chi connectivity index (χ1n) is 6.61. The number of aliphatic imine (C=N–C) groups is 1. The Balaban J connectivity index is 2.20. The van der Waals surface area contributed by atoms with Crippen LogP contribution in [-0.2, 0) is 11.2 Å². The average molecular weight is 264 g/mol. The summed E-state index contributed by atoms with van der Waals surface area (Å²) in [5.41, 5.74) is 2.28. The summed E-state index contributed by atoms with van der Waals surface area (Å²) in [6.07, 6.45) is 3.83. The number of hydrogen-bond acceptors (Lipinski definition) is 3. The number of ether oxygens (including phenoxy) is 1. The topological polar surface area (TPSA) is 58.5 Å². The Labute approximate surface area is 115 Å². The molecule has 1 aromatic heterocycles. The van der Waals surface area contributed by atoms with Gasteiger partial charge in [-0.25, -0.2) is 0 Å². The van der Waals surface area contributed by atoms with Crippen molar-refractivity contribution in [2.24, 2.45) is 4.99 Å². The molecular weight excluding hydrogens is 240 g/mol. The highest BCUT2D eigenvalue weighted by atomic mass is 16.5. The molecule has 0 unspecified atom stereocenters. The van der Waals surface area contributed by atoms with Gasteiger partial charge in [0, 0.05) is 45.7 Å². The van der Waals surface area contributed by atoms with Gasteiger partial charge in [0.05, 0.1) is 0 Å². The lowest BCUT2D eigenvalue weighted by molar-refractivity contribution is 0.195. The minimum atomic E-state index is 0.763. The third-order valence-electron chi connectivity index (χ3n) is 2.72. The number of hydrogen-bond donors (Lipinski definition) is 2. The van der Waals surface area contributed by atoms with Crippen molar-refractivity contribution in [3.8, 4) is 0 Å². The molecule has 5 nitrogen and oxygen atoms in total. The lowest BCUT2D eigenvalue weighted by Crippen LogP contribution is -2.39. The van der Waals surface area contributed by atoms with Crippen LogP contribution in [-0.4, -0.2) is 44.8 Å². The van der Waals surface area contributed by atoms with Gasteiger partial charge in [-0.2, -0.15) is 0 Å². The Morgan fingerprint density at radius 3 is 2.74 bits per heavy atom. The van der Waals surface area contributed by atoms with Gasteiger partial charge in [-0.05, 0) is 31.4 Å². The molecule has 0 bridgehead atoms. The van der Waals surface area contributed by atoms with Crippen molar-refractivity contribution in [2.45, 2.75) is 19.8 Å². The smallest absolute Gasteiger partial charge is 0.190 e. The summed E-state index contributed by atoms with van der Waals surface area (Å²) in [5, 5.41) is 6.52. The predicted molar refractivity (Wildman–Crippen MR) is 78.5 cm³/mol. The zero-order valence-corrected chi connectivity index (χ0v) is 12.1. The molecule has 0 radical (unpaired) electrons. The fourth-order valence-corrected chi connectivity index (χ4v) is 1.62. The van der Waals surface area contributed by atoms with Crippen LogP contribution in [0, 0.1) is 6.92 Å². The molecule has 106 valence electrons. The van der Waals surface area contributed by atoms with E-state index in [2.05, 4.69) is 26.7 Å². The van der Waals surface area contributed by atoms with E-state index < -0.39 is 0 Å². The molecule has 0 fully saturated rings. The van der Waals surface area contributed by atoms with E-state index in [1.165, 1.54) is 5.56 Å². The Kier molecular flexibility index (Phi) is 7.58. The number of methoxy groups -OCH3 is 1. The molecule has 19 heavy (non-hydrogen) atoms. The second-order valence-corrected chi connectivity index (χ2v) is 4.33. The summed E-state index contributed by atoms with van der Waals surface area (Å²) in [4.78, 5) is 8.45. The third kappa shape index (κ3) is 6.76. The summed E-state index contributed by atoms with van der Waals surface area (Å²) in [7, 11) is 3.49. The summed E-state index contributed by atoms with van der Waals surface area (Å²) < 4.78 is 5.00. The van der Waals surface area contributed by atoms with Gasteiger partial charge in [-0.3, -0.25) is 9.98 Å². The van der Waals surface area contributed by atoms with Crippen molar-refractivity contribution in [3.05, 3.63) is 29.6 Å². The van der Waals surface area contributed by atoms with Crippen molar-refractivity contribution in [3.63, 3.8) is 0 Å². The Hall–Kier alpha value is -1.62. The summed E-state index contributed by atoms with van der Waals surface area (Å²) in [6, 6.07) is 4.14. The molecule has 1 heterocycles. The largest absolute Gasteiger partial charge is 0.385 e. The minimum Gasteiger partial charge on any atom is -0.385 e. The molecule has 0 aliphatic carbocycles. The number of nitrogens with zero attached hydrogens (tertiary/aromatic N) is 2. The fraction of sp³-hybridized carbons (Fsp3) is 0.571. The van der Waals surface area contributed by atoms with Gasteiger partial charge in [0.25, 0.3) is 0 Å². The van der Waals surface area contributed by atoms with Crippen LogP contribution in [0.25, 0.3) is 0 Å². The third-order valence-corrected chi connectivity index (χ3v) is 2.72. The average Bonchev–Trinajstić information content (AvgIpc) is 2.43. The minimum absolute atomic E-state index is 0.763. The van der Waals surface area contributed by atoms with Crippen LogP contribution in [0.4, 0.5) is 0 Å². The first kappa shape index (κ1) is 15.4. The molecule has 0 aromatic carbocycles. The second kappa shape index (κ2) is 9.33. The van der Waals surface area contributed by atoms with Gasteiger partial charge in [0.2, 0.25) is 0 Å². The number of rotatable bonds is 7. The maximum absolute atomic E-state index is 5.00. The second-order valence-electron chi connectivity index (χ2n) is 4.33. The molecular formula is C14H24N4O. The number of pyridine rings is 1. The van der Waals surface area contributed by atoms with Crippen molar-refractivity contribution >= 4 is 5.96 Å². The zero-order valence-electron chi connectivity index (χ0n) is 12.1. The molecule has 0 spiro atoms. The van der Waals surface area contributed by atoms with Crippen LogP contribution in [0.2, 0.25) is 0 Å². The fourth-order valence-electron chi connectivity index (χ4n) is 1.62. The monoisotopic (exact) mass is 264 g/mol. The first-order chi connectivity index (χ1) is 9.26. The molecule has 5 heteroatoms. The van der Waals surface area contributed by atoms with Crippen LogP contribution < -0.4 is 10.6 Å². The highest BCUT2D eigenvalue weighted by Crippen LogP contribution is 1.99. The van der Waals surface area contributed by atoms with Gasteiger partial charge in [-0.1, -0.05) is 6.07 Å². The number of aromatic nitrogens is 1.